The molecule has 52 heavy (non-hydrogen) atoms. The van der Waals surface area contributed by atoms with Gasteiger partial charge < -0.3 is 35.1 Å². The average molecular weight is 711 g/mol. The summed E-state index contributed by atoms with van der Waals surface area (Å²) in [5, 5.41) is 8.39. The fraction of sp³-hybridized carbons (Fsp3) is 0.300. The number of rotatable bonds is 9. The highest BCUT2D eigenvalue weighted by Gasteiger charge is 2.29. The highest BCUT2D eigenvalue weighted by Crippen LogP contribution is 2.34. The van der Waals surface area contributed by atoms with Gasteiger partial charge in [-0.3, -0.25) is 19.2 Å². The third-order valence-electron chi connectivity index (χ3n) is 8.44. The van der Waals surface area contributed by atoms with E-state index in [1.54, 1.807) is 56.4 Å². The van der Waals surface area contributed by atoms with E-state index < -0.39 is 41.7 Å². The quantitative estimate of drug-likeness (QED) is 0.223. The minimum atomic E-state index is -1.15. The number of nitrogens with zero attached hydrogens (tertiary/aromatic N) is 1. The van der Waals surface area contributed by atoms with Crippen molar-refractivity contribution in [1.82, 2.24) is 20.9 Å². The zero-order valence-electron chi connectivity index (χ0n) is 29.4. The molecule has 0 spiro atoms. The molecule has 0 bridgehead atoms. The number of aryl methyl sites for hydroxylation is 1. The number of hydrogen-bond donors (Lipinski definition) is 3. The number of carbonyl (C=O) groups excluding carboxylic acids is 4. The van der Waals surface area contributed by atoms with E-state index in [4.69, 9.17) is 14.2 Å². The van der Waals surface area contributed by atoms with Crippen molar-refractivity contribution in [3.05, 3.63) is 120 Å². The molecule has 1 heterocycles. The second-order valence-corrected chi connectivity index (χ2v) is 12.7. The topological polar surface area (TPSA) is 135 Å². The van der Waals surface area contributed by atoms with Gasteiger partial charge in [0.1, 0.15) is 36.8 Å². The van der Waals surface area contributed by atoms with Crippen LogP contribution in [0.1, 0.15) is 41.3 Å². The Morgan fingerprint density at radius 2 is 1.69 bits per heavy atom. The van der Waals surface area contributed by atoms with E-state index in [0.717, 1.165) is 11.1 Å². The molecule has 0 aromatic heterocycles. The molecule has 5 rings (SSSR count). The van der Waals surface area contributed by atoms with Gasteiger partial charge >= 0.3 is 0 Å². The van der Waals surface area contributed by atoms with Gasteiger partial charge in [0.15, 0.2) is 17.3 Å². The molecule has 11 nitrogen and oxygen atoms in total. The van der Waals surface area contributed by atoms with Crippen LogP contribution in [0.5, 0.6) is 23.0 Å². The van der Waals surface area contributed by atoms with Crippen LogP contribution in [0.4, 0.5) is 4.39 Å². The van der Waals surface area contributed by atoms with Crippen LogP contribution >= 0.6 is 0 Å². The Morgan fingerprint density at radius 1 is 0.962 bits per heavy atom. The molecular weight excluding hydrogens is 667 g/mol. The fourth-order valence-corrected chi connectivity index (χ4v) is 5.58. The number of benzene rings is 4. The first-order valence-electron chi connectivity index (χ1n) is 17.1. The van der Waals surface area contributed by atoms with Crippen LogP contribution in [0.2, 0.25) is 0 Å². The normalized spacial score (nSPS) is 17.6. The summed E-state index contributed by atoms with van der Waals surface area (Å²) in [4.78, 5) is 55.5. The molecule has 4 aromatic carbocycles. The summed E-state index contributed by atoms with van der Waals surface area (Å²) in [7, 11) is 1.63. The largest absolute Gasteiger partial charge is 0.491 e. The van der Waals surface area contributed by atoms with Gasteiger partial charge in [-0.2, -0.15) is 0 Å². The Morgan fingerprint density at radius 3 is 2.46 bits per heavy atom. The lowest BCUT2D eigenvalue weighted by atomic mass is 10.0. The number of carbonyl (C=O) groups is 4. The molecule has 3 N–H and O–H groups in total. The molecule has 12 heteroatoms. The van der Waals surface area contributed by atoms with Crippen molar-refractivity contribution < 1.29 is 37.8 Å². The Kier molecular flexibility index (Phi) is 12.8. The van der Waals surface area contributed by atoms with E-state index in [-0.39, 0.29) is 67.7 Å². The minimum absolute atomic E-state index is 0.0794. The molecule has 1 aliphatic rings. The molecule has 0 saturated carbocycles. The molecule has 4 amide bonds. The molecule has 272 valence electrons. The molecule has 0 unspecified atom stereocenters. The summed E-state index contributed by atoms with van der Waals surface area (Å²) in [5.41, 5.74) is 2.09. The standard InChI is InChI=1S/C40H43FN4O7/c1-26-16-18-29(19-17-26)52-35-15-9-13-31(41)37(35)51-25-27(2)42-39(48)32-20-21-36(46)43-33(24-28-10-5-4-6-11-28)40(49)45(3)22-23-50-34-14-8-7-12-30(34)38(47)44-32/h4-19,27,32-33H,20-25H2,1-3H3,(H,42,48)(H,43,46)(H,44,47)/t27-,32+,33-/m1/s1. The Hall–Kier alpha value is -5.91. The van der Waals surface area contributed by atoms with Gasteiger partial charge in [0.25, 0.3) is 5.91 Å². The summed E-state index contributed by atoms with van der Waals surface area (Å²) in [6, 6.07) is 24.8. The first-order chi connectivity index (χ1) is 25.1. The maximum atomic E-state index is 14.9. The Bertz CT molecular complexity index is 1850. The minimum Gasteiger partial charge on any atom is -0.491 e. The lowest BCUT2D eigenvalue weighted by molar-refractivity contribution is -0.135. The third kappa shape index (κ3) is 10.3. The maximum Gasteiger partial charge on any atom is 0.255 e. The second kappa shape index (κ2) is 17.8. The third-order valence-corrected chi connectivity index (χ3v) is 8.44. The van der Waals surface area contributed by atoms with Gasteiger partial charge in [0, 0.05) is 19.9 Å². The summed E-state index contributed by atoms with van der Waals surface area (Å²) in [6.45, 7) is 3.76. The van der Waals surface area contributed by atoms with E-state index in [2.05, 4.69) is 16.0 Å². The predicted octanol–water partition coefficient (Wildman–Crippen LogP) is 4.97. The number of likely N-dealkylation sites (N-methyl/N-ethyl adjacent to an activating group) is 1. The summed E-state index contributed by atoms with van der Waals surface area (Å²) >= 11 is 0. The van der Waals surface area contributed by atoms with Crippen molar-refractivity contribution in [2.24, 2.45) is 0 Å². The van der Waals surface area contributed by atoms with E-state index in [0.29, 0.717) is 5.75 Å². The lowest BCUT2D eigenvalue weighted by Gasteiger charge is -2.25. The van der Waals surface area contributed by atoms with Crippen LogP contribution in [0.15, 0.2) is 97.1 Å². The van der Waals surface area contributed by atoms with Crippen molar-refractivity contribution in [3.63, 3.8) is 0 Å². The van der Waals surface area contributed by atoms with Gasteiger partial charge in [-0.05, 0) is 62.2 Å². The summed E-state index contributed by atoms with van der Waals surface area (Å²) < 4.78 is 32.5. The van der Waals surface area contributed by atoms with Gasteiger partial charge in [-0.15, -0.1) is 0 Å². The van der Waals surface area contributed by atoms with Gasteiger partial charge in [-0.1, -0.05) is 66.2 Å². The first kappa shape index (κ1) is 37.3. The monoisotopic (exact) mass is 710 g/mol. The average Bonchev–Trinajstić information content (AvgIpc) is 3.13. The SMILES string of the molecule is Cc1ccc(Oc2cccc(F)c2OC[C@@H](C)NC(=O)[C@@H]2CCC(=O)N[C@H](Cc3ccccc3)C(=O)N(C)CCOc3ccccc3C(=O)N2)cc1. The number of hydrogen-bond acceptors (Lipinski definition) is 7. The van der Waals surface area contributed by atoms with Crippen LogP contribution in [0.25, 0.3) is 0 Å². The summed E-state index contributed by atoms with van der Waals surface area (Å²) in [6.07, 6.45) is 0.0138. The zero-order valence-corrected chi connectivity index (χ0v) is 29.4. The fourth-order valence-electron chi connectivity index (χ4n) is 5.58. The molecule has 1 aliphatic heterocycles. The molecule has 0 aliphatic carbocycles. The van der Waals surface area contributed by atoms with Crippen LogP contribution < -0.4 is 30.2 Å². The number of fused-ring (bicyclic) bond motifs is 1. The highest BCUT2D eigenvalue weighted by molar-refractivity contribution is 6.00. The van der Waals surface area contributed by atoms with E-state index in [9.17, 15) is 23.6 Å². The Labute approximate surface area is 302 Å². The molecule has 4 aromatic rings. The first-order valence-corrected chi connectivity index (χ1v) is 17.1. The summed E-state index contributed by atoms with van der Waals surface area (Å²) in [5.74, 6) is -1.74. The molecule has 3 atom stereocenters. The van der Waals surface area contributed by atoms with Gasteiger partial charge in [-0.25, -0.2) is 4.39 Å². The van der Waals surface area contributed by atoms with Crippen molar-refractivity contribution in [2.75, 3.05) is 26.8 Å². The van der Waals surface area contributed by atoms with Crippen LogP contribution in [0.3, 0.4) is 0 Å². The number of para-hydroxylation sites is 2. The molecule has 0 radical (unpaired) electrons. The molecule has 0 saturated heterocycles. The molecular formula is C40H43FN4O7. The Balaban J connectivity index is 1.30. The predicted molar refractivity (Wildman–Crippen MR) is 193 cm³/mol. The van der Waals surface area contributed by atoms with Crippen molar-refractivity contribution in [2.45, 2.75) is 51.2 Å². The second-order valence-electron chi connectivity index (χ2n) is 12.7. The number of halogens is 1. The lowest BCUT2D eigenvalue weighted by Crippen LogP contribution is -2.51. The van der Waals surface area contributed by atoms with Crippen molar-refractivity contribution in [1.29, 1.82) is 0 Å². The van der Waals surface area contributed by atoms with Crippen LogP contribution in [-0.4, -0.2) is 73.5 Å². The molecule has 0 fully saturated rings. The van der Waals surface area contributed by atoms with Crippen molar-refractivity contribution >= 4 is 23.6 Å². The number of ether oxygens (including phenoxy) is 3. The van der Waals surface area contributed by atoms with Gasteiger partial charge in [0.05, 0.1) is 18.2 Å². The van der Waals surface area contributed by atoms with Gasteiger partial charge in [0.2, 0.25) is 17.7 Å². The van der Waals surface area contributed by atoms with E-state index >= 15 is 0 Å². The number of nitrogens with one attached hydrogen (secondary N) is 3. The van der Waals surface area contributed by atoms with Crippen LogP contribution in [-0.2, 0) is 20.8 Å². The number of amides is 4. The smallest absolute Gasteiger partial charge is 0.255 e. The van der Waals surface area contributed by atoms with E-state index in [1.165, 1.54) is 17.0 Å². The van der Waals surface area contributed by atoms with E-state index in [1.807, 2.05) is 49.4 Å². The van der Waals surface area contributed by atoms with Crippen molar-refractivity contribution in [3.8, 4) is 23.0 Å². The maximum absolute atomic E-state index is 14.9. The van der Waals surface area contributed by atoms with Crippen LogP contribution in [0, 0.1) is 12.7 Å². The zero-order chi connectivity index (χ0) is 37.0. The highest BCUT2D eigenvalue weighted by atomic mass is 19.1.